The first kappa shape index (κ1) is 15.1. The van der Waals surface area contributed by atoms with E-state index in [1.54, 1.807) is 0 Å². The molecule has 4 rings (SSSR count). The van der Waals surface area contributed by atoms with Gasteiger partial charge in [0, 0.05) is 25.1 Å². The molecule has 1 aliphatic rings. The molecule has 3 aromatic rings. The lowest BCUT2D eigenvalue weighted by molar-refractivity contribution is 0.0791. The van der Waals surface area contributed by atoms with Gasteiger partial charge in [-0.25, -0.2) is 0 Å². The number of hydrogen-bond acceptors (Lipinski definition) is 5. The van der Waals surface area contributed by atoms with Crippen molar-refractivity contribution >= 4 is 17.2 Å². The molecule has 1 aliphatic heterocycles. The number of carbonyl (C=O) groups is 1. The second-order valence-corrected chi connectivity index (χ2v) is 6.92. The molecule has 0 saturated carbocycles. The van der Waals surface area contributed by atoms with Crippen LogP contribution in [-0.4, -0.2) is 34.0 Å². The number of thiophene rings is 1. The van der Waals surface area contributed by atoms with Gasteiger partial charge in [0.05, 0.1) is 4.88 Å². The summed E-state index contributed by atoms with van der Waals surface area (Å²) in [5.74, 6) is 1.78. The average molecular weight is 339 g/mol. The Hall–Kier alpha value is -2.47. The van der Waals surface area contributed by atoms with Crippen molar-refractivity contribution in [2.75, 3.05) is 13.1 Å². The van der Waals surface area contributed by atoms with Crippen molar-refractivity contribution in [3.63, 3.8) is 0 Å². The van der Waals surface area contributed by atoms with E-state index in [0.29, 0.717) is 17.6 Å². The minimum Gasteiger partial charge on any atom is -0.338 e. The summed E-state index contributed by atoms with van der Waals surface area (Å²) in [6.07, 6.45) is 1.72. The fraction of sp³-hybridized carbons (Fsp3) is 0.278. The smallest absolute Gasteiger partial charge is 0.263 e. The van der Waals surface area contributed by atoms with Crippen LogP contribution in [0, 0.1) is 5.92 Å². The molecule has 5 nitrogen and oxygen atoms in total. The van der Waals surface area contributed by atoms with E-state index in [4.69, 9.17) is 4.52 Å². The van der Waals surface area contributed by atoms with Gasteiger partial charge in [-0.15, -0.1) is 11.3 Å². The van der Waals surface area contributed by atoms with Gasteiger partial charge in [-0.2, -0.15) is 4.98 Å². The maximum atomic E-state index is 12.4. The molecule has 0 radical (unpaired) electrons. The van der Waals surface area contributed by atoms with Gasteiger partial charge in [0.15, 0.2) is 5.82 Å². The Morgan fingerprint density at radius 2 is 2.12 bits per heavy atom. The third-order valence-electron chi connectivity index (χ3n) is 4.27. The van der Waals surface area contributed by atoms with Crippen molar-refractivity contribution in [2.24, 2.45) is 5.92 Å². The Morgan fingerprint density at radius 3 is 2.92 bits per heavy atom. The summed E-state index contributed by atoms with van der Waals surface area (Å²) in [7, 11) is 0. The zero-order valence-corrected chi connectivity index (χ0v) is 13.9. The maximum absolute atomic E-state index is 12.4. The first-order valence-electron chi connectivity index (χ1n) is 8.00. The molecule has 24 heavy (non-hydrogen) atoms. The zero-order valence-electron chi connectivity index (χ0n) is 13.1. The lowest BCUT2D eigenvalue weighted by Gasteiger charge is -2.14. The number of benzene rings is 1. The lowest BCUT2D eigenvalue weighted by atomic mass is 10.1. The van der Waals surface area contributed by atoms with Crippen molar-refractivity contribution in [2.45, 2.75) is 12.8 Å². The van der Waals surface area contributed by atoms with Crippen LogP contribution in [0.15, 0.2) is 52.4 Å². The Bertz CT molecular complexity index is 814. The summed E-state index contributed by atoms with van der Waals surface area (Å²) in [5, 5.41) is 6.02. The molecular formula is C18H17N3O2S. The number of nitrogens with zero attached hydrogens (tertiary/aromatic N) is 3. The van der Waals surface area contributed by atoms with E-state index in [0.717, 1.165) is 36.4 Å². The van der Waals surface area contributed by atoms with Gasteiger partial charge in [0.1, 0.15) is 0 Å². The monoisotopic (exact) mass is 339 g/mol. The molecule has 0 aliphatic carbocycles. The average Bonchev–Trinajstić information content (AvgIpc) is 3.37. The highest BCUT2D eigenvalue weighted by atomic mass is 32.1. The van der Waals surface area contributed by atoms with Crippen molar-refractivity contribution in [1.29, 1.82) is 0 Å². The van der Waals surface area contributed by atoms with Crippen molar-refractivity contribution < 1.29 is 9.32 Å². The number of rotatable bonds is 4. The normalized spacial score (nSPS) is 17.3. The number of hydrogen-bond donors (Lipinski definition) is 0. The number of likely N-dealkylation sites (tertiary alicyclic amines) is 1. The Balaban J connectivity index is 1.39. The molecular weight excluding hydrogens is 322 g/mol. The summed E-state index contributed by atoms with van der Waals surface area (Å²) in [4.78, 5) is 19.6. The van der Waals surface area contributed by atoms with Crippen LogP contribution >= 0.6 is 11.3 Å². The van der Waals surface area contributed by atoms with E-state index in [1.807, 2.05) is 52.7 Å². The number of carbonyl (C=O) groups excluding carboxylic acids is 1. The van der Waals surface area contributed by atoms with Crippen LogP contribution in [0.1, 0.15) is 21.9 Å². The standard InChI is InChI=1S/C18H17N3O2S/c22-18(15-7-4-10-24-15)21-9-8-13(12-21)11-16-19-17(23-20-16)14-5-2-1-3-6-14/h1-7,10,13H,8-9,11-12H2. The Morgan fingerprint density at radius 1 is 1.25 bits per heavy atom. The molecule has 0 N–H and O–H groups in total. The number of amides is 1. The zero-order chi connectivity index (χ0) is 16.4. The van der Waals surface area contributed by atoms with Crippen LogP contribution in [0.3, 0.4) is 0 Å². The molecule has 0 bridgehead atoms. The molecule has 1 saturated heterocycles. The van der Waals surface area contributed by atoms with Crippen LogP contribution < -0.4 is 0 Å². The van der Waals surface area contributed by atoms with Gasteiger partial charge < -0.3 is 9.42 Å². The van der Waals surface area contributed by atoms with Crippen molar-refractivity contribution in [1.82, 2.24) is 15.0 Å². The molecule has 1 atom stereocenters. The third kappa shape index (κ3) is 3.10. The predicted molar refractivity (Wildman–Crippen MR) is 91.8 cm³/mol. The highest BCUT2D eigenvalue weighted by Gasteiger charge is 2.28. The number of aromatic nitrogens is 2. The van der Waals surface area contributed by atoms with Gasteiger partial charge in [-0.1, -0.05) is 29.4 Å². The molecule has 0 spiro atoms. The van der Waals surface area contributed by atoms with Gasteiger partial charge in [-0.05, 0) is 35.9 Å². The molecule has 2 aromatic heterocycles. The van der Waals surface area contributed by atoms with Crippen LogP contribution in [0.4, 0.5) is 0 Å². The van der Waals surface area contributed by atoms with Crippen molar-refractivity contribution in [3.05, 3.63) is 58.5 Å². The molecule has 1 fully saturated rings. The van der Waals surface area contributed by atoms with Crippen LogP contribution in [0.5, 0.6) is 0 Å². The molecule has 122 valence electrons. The molecule has 6 heteroatoms. The summed E-state index contributed by atoms with van der Waals surface area (Å²) >= 11 is 1.49. The summed E-state index contributed by atoms with van der Waals surface area (Å²) < 4.78 is 5.35. The minimum absolute atomic E-state index is 0.130. The van der Waals surface area contributed by atoms with E-state index < -0.39 is 0 Å². The van der Waals surface area contributed by atoms with Gasteiger partial charge in [-0.3, -0.25) is 4.79 Å². The lowest BCUT2D eigenvalue weighted by Crippen LogP contribution is -2.28. The summed E-state index contributed by atoms with van der Waals surface area (Å²) in [6.45, 7) is 1.55. The first-order valence-corrected chi connectivity index (χ1v) is 8.88. The summed E-state index contributed by atoms with van der Waals surface area (Å²) in [5.41, 5.74) is 0.928. The fourth-order valence-corrected chi connectivity index (χ4v) is 3.72. The minimum atomic E-state index is 0.130. The van der Waals surface area contributed by atoms with E-state index in [2.05, 4.69) is 10.1 Å². The summed E-state index contributed by atoms with van der Waals surface area (Å²) in [6, 6.07) is 13.6. The van der Waals surface area contributed by atoms with E-state index in [-0.39, 0.29) is 5.91 Å². The quantitative estimate of drug-likeness (QED) is 0.730. The topological polar surface area (TPSA) is 59.2 Å². The van der Waals surface area contributed by atoms with E-state index in [1.165, 1.54) is 11.3 Å². The van der Waals surface area contributed by atoms with Gasteiger partial charge in [0.2, 0.25) is 0 Å². The fourth-order valence-electron chi connectivity index (χ4n) is 3.03. The molecule has 1 amide bonds. The van der Waals surface area contributed by atoms with Crippen LogP contribution in [0.25, 0.3) is 11.5 Å². The highest BCUT2D eigenvalue weighted by Crippen LogP contribution is 2.24. The van der Waals surface area contributed by atoms with Crippen LogP contribution in [-0.2, 0) is 6.42 Å². The Kier molecular flexibility index (Phi) is 4.13. The first-order chi connectivity index (χ1) is 11.8. The molecule has 3 heterocycles. The van der Waals surface area contributed by atoms with Gasteiger partial charge >= 0.3 is 0 Å². The van der Waals surface area contributed by atoms with Crippen LogP contribution in [0.2, 0.25) is 0 Å². The van der Waals surface area contributed by atoms with E-state index in [9.17, 15) is 4.79 Å². The predicted octanol–water partition coefficient (Wildman–Crippen LogP) is 3.50. The SMILES string of the molecule is O=C(c1cccs1)N1CCC(Cc2noc(-c3ccccc3)n2)C1. The second-order valence-electron chi connectivity index (χ2n) is 5.97. The van der Waals surface area contributed by atoms with Gasteiger partial charge in [0.25, 0.3) is 11.8 Å². The second kappa shape index (κ2) is 6.57. The maximum Gasteiger partial charge on any atom is 0.263 e. The third-order valence-corrected chi connectivity index (χ3v) is 5.12. The molecule has 1 aromatic carbocycles. The molecule has 1 unspecified atom stereocenters. The Labute approximate surface area is 143 Å². The highest BCUT2D eigenvalue weighted by molar-refractivity contribution is 7.12. The largest absolute Gasteiger partial charge is 0.338 e. The van der Waals surface area contributed by atoms with E-state index >= 15 is 0 Å². The van der Waals surface area contributed by atoms with Crippen molar-refractivity contribution in [3.8, 4) is 11.5 Å².